The summed E-state index contributed by atoms with van der Waals surface area (Å²) in [6.45, 7) is 6.16. The maximum absolute atomic E-state index is 13.1. The van der Waals surface area contributed by atoms with Crippen LogP contribution in [0.5, 0.6) is 0 Å². The van der Waals surface area contributed by atoms with Crippen molar-refractivity contribution < 1.29 is 13.2 Å². The number of sulfone groups is 1. The van der Waals surface area contributed by atoms with Crippen LogP contribution in [-0.4, -0.2) is 83.8 Å². The van der Waals surface area contributed by atoms with Crippen molar-refractivity contribution in [2.75, 3.05) is 44.0 Å². The number of hydrogen-bond acceptors (Lipinski definition) is 8. The summed E-state index contributed by atoms with van der Waals surface area (Å²) in [6, 6.07) is 7.77. The minimum absolute atomic E-state index is 0.0735. The fraction of sp³-hybridized carbons (Fsp3) is 0.393. The highest BCUT2D eigenvalue weighted by molar-refractivity contribution is 7.90. The number of pyridine rings is 1. The number of aromatic amines is 2. The van der Waals surface area contributed by atoms with Crippen molar-refractivity contribution in [1.29, 1.82) is 0 Å². The first-order valence-electron chi connectivity index (χ1n) is 13.2. The number of thiophene rings is 1. The first kappa shape index (κ1) is 28.1. The molecule has 4 aromatic rings. The van der Waals surface area contributed by atoms with E-state index in [9.17, 15) is 18.0 Å². The van der Waals surface area contributed by atoms with Crippen LogP contribution in [0.3, 0.4) is 0 Å². The van der Waals surface area contributed by atoms with Crippen molar-refractivity contribution >= 4 is 43.8 Å². The molecule has 0 aliphatic carbocycles. The van der Waals surface area contributed by atoms with Gasteiger partial charge in [-0.3, -0.25) is 9.59 Å². The van der Waals surface area contributed by atoms with E-state index < -0.39 is 9.84 Å². The Kier molecular flexibility index (Phi) is 7.85. The van der Waals surface area contributed by atoms with E-state index in [2.05, 4.69) is 40.6 Å². The summed E-state index contributed by atoms with van der Waals surface area (Å²) in [5, 5.41) is 5.58. The molecule has 10 nitrogen and oxygen atoms in total. The number of likely N-dealkylation sites (N-methyl/N-ethyl adjacent to an activating group) is 1. The quantitative estimate of drug-likeness (QED) is 0.247. The number of imidazole rings is 1. The number of aryl methyl sites for hydroxylation is 1. The third-order valence-corrected chi connectivity index (χ3v) is 9.21. The Morgan fingerprint density at radius 1 is 1.23 bits per heavy atom. The molecule has 5 rings (SSSR count). The monoisotopic (exact) mass is 582 g/mol. The van der Waals surface area contributed by atoms with E-state index in [-0.39, 0.29) is 23.3 Å². The topological polar surface area (TPSA) is 131 Å². The largest absolute Gasteiger partial charge is 0.381 e. The van der Waals surface area contributed by atoms with Crippen LogP contribution in [0.25, 0.3) is 22.4 Å². The van der Waals surface area contributed by atoms with Gasteiger partial charge in [-0.05, 0) is 61.7 Å². The van der Waals surface area contributed by atoms with Crippen molar-refractivity contribution in [3.8, 4) is 11.4 Å². The number of nitrogens with zero attached hydrogens (tertiary/aromatic N) is 3. The molecular formula is C28H34N6O4S2. The molecule has 12 heteroatoms. The van der Waals surface area contributed by atoms with Gasteiger partial charge >= 0.3 is 0 Å². The molecule has 40 heavy (non-hydrogen) atoms. The van der Waals surface area contributed by atoms with Crippen molar-refractivity contribution in [2.24, 2.45) is 0 Å². The van der Waals surface area contributed by atoms with Gasteiger partial charge in [-0.25, -0.2) is 13.4 Å². The molecule has 0 saturated heterocycles. The van der Waals surface area contributed by atoms with Crippen LogP contribution in [-0.2, 0) is 22.8 Å². The second-order valence-corrected chi connectivity index (χ2v) is 13.9. The number of benzene rings is 1. The first-order chi connectivity index (χ1) is 19.0. The Hall–Kier alpha value is -3.48. The number of amides is 1. The molecule has 0 spiro atoms. The van der Waals surface area contributed by atoms with E-state index in [1.165, 1.54) is 16.7 Å². The van der Waals surface area contributed by atoms with Crippen LogP contribution in [0.4, 0.5) is 5.69 Å². The number of H-pyrrole nitrogens is 2. The van der Waals surface area contributed by atoms with Gasteiger partial charge in [0.15, 0.2) is 0 Å². The van der Waals surface area contributed by atoms with Gasteiger partial charge < -0.3 is 25.1 Å². The van der Waals surface area contributed by atoms with E-state index in [0.717, 1.165) is 17.5 Å². The Labute approximate surface area is 237 Å². The number of carbonyl (C=O) groups is 1. The predicted molar refractivity (Wildman–Crippen MR) is 160 cm³/mol. The molecule has 1 aliphatic rings. The Morgan fingerprint density at radius 2 is 2.02 bits per heavy atom. The highest BCUT2D eigenvalue weighted by Crippen LogP contribution is 2.30. The Morgan fingerprint density at radius 3 is 2.75 bits per heavy atom. The van der Waals surface area contributed by atoms with E-state index in [1.807, 2.05) is 24.1 Å². The lowest BCUT2D eigenvalue weighted by Gasteiger charge is -2.21. The molecule has 4 heterocycles. The van der Waals surface area contributed by atoms with Crippen LogP contribution < -0.4 is 10.9 Å². The zero-order valence-electron chi connectivity index (χ0n) is 23.1. The molecule has 1 atom stereocenters. The van der Waals surface area contributed by atoms with Gasteiger partial charge in [0, 0.05) is 61.5 Å². The summed E-state index contributed by atoms with van der Waals surface area (Å²) in [5.74, 6) is 0.459. The van der Waals surface area contributed by atoms with Crippen molar-refractivity contribution in [3.05, 3.63) is 67.8 Å². The second kappa shape index (κ2) is 11.2. The summed E-state index contributed by atoms with van der Waals surface area (Å²) < 4.78 is 22.9. The van der Waals surface area contributed by atoms with Gasteiger partial charge in [0.2, 0.25) is 0 Å². The average molecular weight is 583 g/mol. The predicted octanol–water partition coefficient (Wildman–Crippen LogP) is 3.26. The van der Waals surface area contributed by atoms with Crippen molar-refractivity contribution in [3.63, 3.8) is 0 Å². The van der Waals surface area contributed by atoms with Crippen LogP contribution in [0.2, 0.25) is 0 Å². The molecule has 0 unspecified atom stereocenters. The molecule has 0 saturated carbocycles. The third-order valence-electron chi connectivity index (χ3n) is 7.24. The molecule has 212 valence electrons. The zero-order chi connectivity index (χ0) is 28.6. The molecule has 3 aromatic heterocycles. The summed E-state index contributed by atoms with van der Waals surface area (Å²) in [5.41, 5.74) is 5.01. The lowest BCUT2D eigenvalue weighted by molar-refractivity contribution is 0.0765. The standard InChI is InChI=1S/C28H34N6O4S2/c1-17-6-11-39-24(17)13-18(2)30-21-5-7-29-27(35)25(21)26-31-22-14-19-16-34(28(36)20(19)15-23(22)32-26)9-8-33(3)10-12-40(4,37)38/h5-7,11,14-15,18H,8-10,12-13,16H2,1-4H3,(H,31,32)(H2,29,30,35)/t18-/m0/s1. The molecule has 1 amide bonds. The smallest absolute Gasteiger partial charge is 0.261 e. The van der Waals surface area contributed by atoms with Crippen LogP contribution in [0.1, 0.15) is 33.3 Å². The van der Waals surface area contributed by atoms with Gasteiger partial charge in [0.05, 0.1) is 22.5 Å². The van der Waals surface area contributed by atoms with Crippen LogP contribution in [0.15, 0.2) is 40.6 Å². The summed E-state index contributed by atoms with van der Waals surface area (Å²) >= 11 is 1.73. The van der Waals surface area contributed by atoms with Gasteiger partial charge in [-0.15, -0.1) is 11.3 Å². The number of anilines is 1. The Bertz CT molecular complexity index is 1720. The van der Waals surface area contributed by atoms with Crippen molar-refractivity contribution in [1.82, 2.24) is 24.8 Å². The van der Waals surface area contributed by atoms with E-state index in [4.69, 9.17) is 4.98 Å². The molecule has 0 radical (unpaired) electrons. The third kappa shape index (κ3) is 6.13. The average Bonchev–Trinajstić information content (AvgIpc) is 3.56. The fourth-order valence-electron chi connectivity index (χ4n) is 4.94. The molecule has 0 bridgehead atoms. The minimum atomic E-state index is -3.03. The molecule has 1 aromatic carbocycles. The molecule has 0 fully saturated rings. The number of carbonyl (C=O) groups excluding carboxylic acids is 1. The molecule has 1 aliphatic heterocycles. The lowest BCUT2D eigenvalue weighted by Crippen LogP contribution is -2.35. The minimum Gasteiger partial charge on any atom is -0.381 e. The maximum atomic E-state index is 13.1. The number of aromatic nitrogens is 3. The van der Waals surface area contributed by atoms with E-state index in [0.29, 0.717) is 54.3 Å². The molecular weight excluding hydrogens is 548 g/mol. The second-order valence-electron chi connectivity index (χ2n) is 10.6. The van der Waals surface area contributed by atoms with Gasteiger partial charge in [-0.1, -0.05) is 0 Å². The highest BCUT2D eigenvalue weighted by atomic mass is 32.2. The van der Waals surface area contributed by atoms with Crippen LogP contribution in [0, 0.1) is 6.92 Å². The summed E-state index contributed by atoms with van der Waals surface area (Å²) in [6.07, 6.45) is 3.69. The van der Waals surface area contributed by atoms with Gasteiger partial charge in [0.1, 0.15) is 21.2 Å². The van der Waals surface area contributed by atoms with Crippen LogP contribution >= 0.6 is 11.3 Å². The lowest BCUT2D eigenvalue weighted by atomic mass is 10.1. The zero-order valence-corrected chi connectivity index (χ0v) is 24.7. The number of hydrogen-bond donors (Lipinski definition) is 3. The Balaban J connectivity index is 1.33. The van der Waals surface area contributed by atoms with E-state index >= 15 is 0 Å². The summed E-state index contributed by atoms with van der Waals surface area (Å²) in [4.78, 5) is 41.8. The SMILES string of the molecule is Cc1ccsc1C[C@H](C)Nc1cc[nH]c(=O)c1-c1nc2cc3c(cc2[nH]1)CN(CCN(C)CCS(C)(=O)=O)C3=O. The normalized spacial score (nSPS) is 14.3. The van der Waals surface area contributed by atoms with Gasteiger partial charge in [-0.2, -0.15) is 0 Å². The number of nitrogens with one attached hydrogen (secondary N) is 3. The molecule has 3 N–H and O–H groups in total. The first-order valence-corrected chi connectivity index (χ1v) is 16.1. The van der Waals surface area contributed by atoms with Gasteiger partial charge in [0.25, 0.3) is 11.5 Å². The highest BCUT2D eigenvalue weighted by Gasteiger charge is 2.29. The summed E-state index contributed by atoms with van der Waals surface area (Å²) in [7, 11) is -1.18. The van der Waals surface area contributed by atoms with Crippen molar-refractivity contribution in [2.45, 2.75) is 32.9 Å². The fourth-order valence-corrected chi connectivity index (χ4v) is 6.62. The van der Waals surface area contributed by atoms with E-state index in [1.54, 1.807) is 28.5 Å². The number of rotatable bonds is 11. The maximum Gasteiger partial charge on any atom is 0.261 e. The number of fused-ring (bicyclic) bond motifs is 2.